The third-order valence-corrected chi connectivity index (χ3v) is 4.67. The second-order valence-electron chi connectivity index (χ2n) is 6.65. The summed E-state index contributed by atoms with van der Waals surface area (Å²) >= 11 is 0. The van der Waals surface area contributed by atoms with Gasteiger partial charge >= 0.3 is 5.97 Å². The molecule has 1 saturated carbocycles. The van der Waals surface area contributed by atoms with Crippen molar-refractivity contribution in [2.75, 3.05) is 6.54 Å². The van der Waals surface area contributed by atoms with Crippen LogP contribution in [0.25, 0.3) is 5.82 Å². The number of esters is 1. The van der Waals surface area contributed by atoms with Crippen LogP contribution in [0.4, 0.5) is 0 Å². The van der Waals surface area contributed by atoms with E-state index in [1.165, 1.54) is 25.5 Å². The lowest BCUT2D eigenvalue weighted by Gasteiger charge is -2.22. The van der Waals surface area contributed by atoms with Gasteiger partial charge in [-0.2, -0.15) is 5.10 Å². The van der Waals surface area contributed by atoms with Gasteiger partial charge in [0, 0.05) is 25.1 Å². The van der Waals surface area contributed by atoms with E-state index in [9.17, 15) is 9.59 Å². The number of carbonyl (C=O) groups excluding carboxylic acids is 2. The van der Waals surface area contributed by atoms with E-state index in [-0.39, 0.29) is 5.91 Å². The molecule has 1 aliphatic carbocycles. The molecule has 1 atom stereocenters. The zero-order valence-electron chi connectivity index (χ0n) is 14.9. The third kappa shape index (κ3) is 4.68. The maximum atomic E-state index is 12.2. The van der Waals surface area contributed by atoms with E-state index >= 15 is 0 Å². The van der Waals surface area contributed by atoms with Crippen molar-refractivity contribution in [3.05, 3.63) is 42.4 Å². The predicted molar refractivity (Wildman–Crippen MR) is 95.8 cm³/mol. The zero-order chi connectivity index (χ0) is 18.4. The second kappa shape index (κ2) is 8.60. The fourth-order valence-corrected chi connectivity index (χ4v) is 3.11. The highest BCUT2D eigenvalue weighted by Gasteiger charge is 2.21. The monoisotopic (exact) mass is 356 g/mol. The molecule has 0 unspecified atom stereocenters. The van der Waals surface area contributed by atoms with Gasteiger partial charge in [-0.05, 0) is 43.9 Å². The molecule has 0 spiro atoms. The number of aromatic nitrogens is 3. The second-order valence-corrected chi connectivity index (χ2v) is 6.65. The van der Waals surface area contributed by atoms with E-state index in [1.54, 1.807) is 42.2 Å². The number of ether oxygens (including phenoxy) is 1. The predicted octanol–water partition coefficient (Wildman–Crippen LogP) is 2.51. The Morgan fingerprint density at radius 2 is 2.12 bits per heavy atom. The van der Waals surface area contributed by atoms with Crippen molar-refractivity contribution in [1.82, 2.24) is 20.1 Å². The Bertz CT molecular complexity index is 722. The average Bonchev–Trinajstić information content (AvgIpc) is 3.21. The fourth-order valence-electron chi connectivity index (χ4n) is 3.11. The van der Waals surface area contributed by atoms with Crippen molar-refractivity contribution in [3.63, 3.8) is 0 Å². The summed E-state index contributed by atoms with van der Waals surface area (Å²) in [6.07, 6.45) is 10.1. The van der Waals surface area contributed by atoms with Crippen molar-refractivity contribution in [3.8, 4) is 5.82 Å². The minimum absolute atomic E-state index is 0.259. The molecular formula is C19H24N4O3. The Hall–Kier alpha value is -2.70. The van der Waals surface area contributed by atoms with E-state index in [2.05, 4.69) is 15.4 Å². The van der Waals surface area contributed by atoms with Gasteiger partial charge in [-0.25, -0.2) is 14.5 Å². The number of hydrogen-bond donors (Lipinski definition) is 1. The van der Waals surface area contributed by atoms with Gasteiger partial charge < -0.3 is 10.1 Å². The Kier molecular flexibility index (Phi) is 5.99. The number of amides is 1. The van der Waals surface area contributed by atoms with Gasteiger partial charge in [0.2, 0.25) is 0 Å². The number of carbonyl (C=O) groups is 2. The van der Waals surface area contributed by atoms with Crippen LogP contribution in [0, 0.1) is 5.92 Å². The summed E-state index contributed by atoms with van der Waals surface area (Å²) < 4.78 is 6.85. The molecule has 1 amide bonds. The first-order valence-corrected chi connectivity index (χ1v) is 9.08. The van der Waals surface area contributed by atoms with Gasteiger partial charge in [0.25, 0.3) is 5.91 Å². The Morgan fingerprint density at radius 3 is 2.77 bits per heavy atom. The van der Waals surface area contributed by atoms with Crippen molar-refractivity contribution in [2.45, 2.75) is 45.1 Å². The molecular weight excluding hydrogens is 332 g/mol. The smallest absolute Gasteiger partial charge is 0.340 e. The fraction of sp³-hybridized carbons (Fsp3) is 0.474. The zero-order valence-corrected chi connectivity index (χ0v) is 14.9. The van der Waals surface area contributed by atoms with Crippen molar-refractivity contribution >= 4 is 11.9 Å². The van der Waals surface area contributed by atoms with Crippen LogP contribution in [0.2, 0.25) is 0 Å². The van der Waals surface area contributed by atoms with Crippen molar-refractivity contribution < 1.29 is 14.3 Å². The quantitative estimate of drug-likeness (QED) is 0.804. The molecule has 26 heavy (non-hydrogen) atoms. The van der Waals surface area contributed by atoms with Crippen molar-refractivity contribution in [1.29, 1.82) is 0 Å². The molecule has 3 rings (SSSR count). The number of nitrogens with zero attached hydrogens (tertiary/aromatic N) is 3. The molecule has 1 N–H and O–H groups in total. The van der Waals surface area contributed by atoms with E-state index in [0.29, 0.717) is 23.8 Å². The topological polar surface area (TPSA) is 86.1 Å². The molecule has 7 heteroatoms. The van der Waals surface area contributed by atoms with E-state index < -0.39 is 12.1 Å². The van der Waals surface area contributed by atoms with Gasteiger partial charge in [-0.15, -0.1) is 0 Å². The van der Waals surface area contributed by atoms with E-state index in [0.717, 1.165) is 12.8 Å². The first kappa shape index (κ1) is 18.1. The summed E-state index contributed by atoms with van der Waals surface area (Å²) in [6.45, 7) is 2.24. The van der Waals surface area contributed by atoms with Crippen LogP contribution in [0.5, 0.6) is 0 Å². The van der Waals surface area contributed by atoms with Gasteiger partial charge in [0.15, 0.2) is 11.9 Å². The van der Waals surface area contributed by atoms with Crippen LogP contribution in [0.1, 0.15) is 49.4 Å². The number of hydrogen-bond acceptors (Lipinski definition) is 5. The van der Waals surface area contributed by atoms with Crippen LogP contribution < -0.4 is 5.32 Å². The lowest BCUT2D eigenvalue weighted by molar-refractivity contribution is -0.129. The summed E-state index contributed by atoms with van der Waals surface area (Å²) in [5.74, 6) is 0.314. The molecule has 0 saturated heterocycles. The van der Waals surface area contributed by atoms with Crippen LogP contribution in [0.3, 0.4) is 0 Å². The summed E-state index contributed by atoms with van der Waals surface area (Å²) in [4.78, 5) is 28.5. The van der Waals surface area contributed by atoms with Crippen LogP contribution >= 0.6 is 0 Å². The summed E-state index contributed by atoms with van der Waals surface area (Å²) in [6, 6.07) is 5.08. The summed E-state index contributed by atoms with van der Waals surface area (Å²) in [7, 11) is 0. The first-order valence-electron chi connectivity index (χ1n) is 9.08. The van der Waals surface area contributed by atoms with Gasteiger partial charge in [0.05, 0.1) is 5.56 Å². The molecule has 1 aliphatic rings. The van der Waals surface area contributed by atoms with Crippen LogP contribution in [0.15, 0.2) is 36.8 Å². The van der Waals surface area contributed by atoms with Crippen LogP contribution in [-0.4, -0.2) is 39.3 Å². The SMILES string of the molecule is C[C@@H](OC(=O)c1ccc(-n2cccn2)nc1)C(=O)NCC1CCCCC1. The number of rotatable bonds is 6. The molecule has 2 aromatic heterocycles. The number of pyridine rings is 1. The van der Waals surface area contributed by atoms with E-state index in [1.807, 2.05) is 0 Å². The summed E-state index contributed by atoms with van der Waals surface area (Å²) in [5.41, 5.74) is 0.299. The maximum Gasteiger partial charge on any atom is 0.340 e. The summed E-state index contributed by atoms with van der Waals surface area (Å²) in [5, 5.41) is 6.97. The molecule has 0 bridgehead atoms. The third-order valence-electron chi connectivity index (χ3n) is 4.67. The Morgan fingerprint density at radius 1 is 1.31 bits per heavy atom. The molecule has 1 fully saturated rings. The standard InChI is InChI=1S/C19H24N4O3/c1-14(18(24)21-12-15-6-3-2-4-7-15)26-19(25)16-8-9-17(20-13-16)23-11-5-10-22-23/h5,8-11,13-15H,2-4,6-7,12H2,1H3,(H,21,24)/t14-/m1/s1. The maximum absolute atomic E-state index is 12.2. The van der Waals surface area contributed by atoms with Gasteiger partial charge in [-0.1, -0.05) is 19.3 Å². The minimum Gasteiger partial charge on any atom is -0.449 e. The molecule has 0 aliphatic heterocycles. The Labute approximate surface area is 152 Å². The average molecular weight is 356 g/mol. The molecule has 2 aromatic rings. The molecule has 138 valence electrons. The number of nitrogens with one attached hydrogen (secondary N) is 1. The Balaban J connectivity index is 1.49. The largest absolute Gasteiger partial charge is 0.449 e. The first-order chi connectivity index (χ1) is 12.6. The normalized spacial score (nSPS) is 16.0. The molecule has 7 nitrogen and oxygen atoms in total. The minimum atomic E-state index is -0.836. The van der Waals surface area contributed by atoms with E-state index in [4.69, 9.17) is 4.74 Å². The van der Waals surface area contributed by atoms with Crippen molar-refractivity contribution in [2.24, 2.45) is 5.92 Å². The molecule has 0 radical (unpaired) electrons. The highest BCUT2D eigenvalue weighted by Crippen LogP contribution is 2.22. The molecule has 2 heterocycles. The molecule has 0 aromatic carbocycles. The van der Waals surface area contributed by atoms with Gasteiger partial charge in [0.1, 0.15) is 0 Å². The lowest BCUT2D eigenvalue weighted by Crippen LogP contribution is -2.38. The van der Waals surface area contributed by atoms with Gasteiger partial charge in [-0.3, -0.25) is 4.79 Å². The lowest BCUT2D eigenvalue weighted by atomic mass is 9.89. The highest BCUT2D eigenvalue weighted by molar-refractivity contribution is 5.92. The highest BCUT2D eigenvalue weighted by atomic mass is 16.5. The van der Waals surface area contributed by atoms with Crippen LogP contribution in [-0.2, 0) is 9.53 Å².